The monoisotopic (exact) mass is 455 g/mol. The molecular weight excluding hydrogens is 434 g/mol. The molecule has 3 aromatic carbocycles. The number of rotatable bonds is 9. The van der Waals surface area contributed by atoms with Crippen molar-refractivity contribution < 1.29 is 9.72 Å². The molecule has 4 rings (SSSR count). The number of nitrogens with one attached hydrogen (secondary N) is 3. The van der Waals surface area contributed by atoms with Gasteiger partial charge in [0.25, 0.3) is 0 Å². The summed E-state index contributed by atoms with van der Waals surface area (Å²) in [6, 6.07) is 27.8. The summed E-state index contributed by atoms with van der Waals surface area (Å²) in [5.41, 5.74) is 9.91. The van der Waals surface area contributed by atoms with Crippen LogP contribution in [-0.2, 0) is 11.2 Å². The first-order valence-electron chi connectivity index (χ1n) is 10.4. The summed E-state index contributed by atoms with van der Waals surface area (Å²) in [6.45, 7) is 0. The van der Waals surface area contributed by atoms with Crippen LogP contribution in [0.15, 0.2) is 97.3 Å². The number of hydrazine groups is 2. The molecule has 1 aromatic heterocycles. The van der Waals surface area contributed by atoms with Gasteiger partial charge in [0.15, 0.2) is 0 Å². The fourth-order valence-electron chi connectivity index (χ4n) is 3.22. The summed E-state index contributed by atoms with van der Waals surface area (Å²) in [4.78, 5) is 31.7. The van der Waals surface area contributed by atoms with Crippen LogP contribution in [0.1, 0.15) is 5.56 Å². The highest BCUT2D eigenvalue weighted by Gasteiger charge is 2.25. The predicted molar refractivity (Wildman–Crippen MR) is 129 cm³/mol. The number of hydrogen-bond acceptors (Lipinski definition) is 8. The van der Waals surface area contributed by atoms with E-state index >= 15 is 0 Å². The summed E-state index contributed by atoms with van der Waals surface area (Å²) in [5.74, 6) is -0.568. The largest absolute Gasteiger partial charge is 0.356 e. The van der Waals surface area contributed by atoms with Crippen molar-refractivity contribution in [3.05, 3.63) is 113 Å². The highest BCUT2D eigenvalue weighted by Crippen LogP contribution is 2.32. The number of nitrogens with zero attached hydrogens (tertiary/aromatic N) is 4. The average Bonchev–Trinajstić information content (AvgIpc) is 2.87. The maximum atomic E-state index is 12.3. The molecular formula is C24H21N7O3. The minimum Gasteiger partial charge on any atom is -0.276 e. The zero-order valence-electron chi connectivity index (χ0n) is 18.0. The normalized spacial score (nSPS) is 10.2. The van der Waals surface area contributed by atoms with E-state index in [0.717, 1.165) is 16.9 Å². The fourth-order valence-corrected chi connectivity index (χ4v) is 3.22. The number of benzene rings is 3. The first-order chi connectivity index (χ1) is 16.6. The van der Waals surface area contributed by atoms with Gasteiger partial charge < -0.3 is 0 Å². The van der Waals surface area contributed by atoms with Crippen LogP contribution < -0.4 is 21.3 Å². The van der Waals surface area contributed by atoms with Gasteiger partial charge in [0.1, 0.15) is 6.33 Å². The number of nitro groups is 1. The zero-order chi connectivity index (χ0) is 23.8. The van der Waals surface area contributed by atoms with Gasteiger partial charge in [-0.15, -0.1) is 0 Å². The second-order valence-corrected chi connectivity index (χ2v) is 7.13. The van der Waals surface area contributed by atoms with Crippen molar-refractivity contribution in [1.82, 2.24) is 15.4 Å². The van der Waals surface area contributed by atoms with Gasteiger partial charge in [0.05, 0.1) is 22.7 Å². The van der Waals surface area contributed by atoms with Crippen molar-refractivity contribution in [3.8, 4) is 0 Å². The van der Waals surface area contributed by atoms with E-state index in [1.54, 1.807) is 5.01 Å². The average molecular weight is 455 g/mol. The molecule has 0 aliphatic carbocycles. The third kappa shape index (κ3) is 5.43. The van der Waals surface area contributed by atoms with E-state index in [9.17, 15) is 14.9 Å². The molecule has 10 nitrogen and oxygen atoms in total. The Balaban J connectivity index is 1.58. The van der Waals surface area contributed by atoms with Gasteiger partial charge in [-0.25, -0.2) is 9.97 Å². The van der Waals surface area contributed by atoms with Crippen LogP contribution in [-0.4, -0.2) is 20.8 Å². The molecule has 3 N–H and O–H groups in total. The number of carbonyl (C=O) groups is 1. The molecule has 4 aromatic rings. The number of para-hydroxylation sites is 2. The SMILES string of the molecule is O=C(Cc1ccccc1)NNc1ncnc(NN(c2ccccc2)c2ccccc2)c1[N+](=O)[O-]. The van der Waals surface area contributed by atoms with Crippen LogP contribution in [0.2, 0.25) is 0 Å². The van der Waals surface area contributed by atoms with Crippen LogP contribution in [0.25, 0.3) is 0 Å². The molecule has 0 bridgehead atoms. The molecule has 1 amide bonds. The second-order valence-electron chi connectivity index (χ2n) is 7.13. The van der Waals surface area contributed by atoms with Gasteiger partial charge in [-0.05, 0) is 29.8 Å². The van der Waals surface area contributed by atoms with Gasteiger partial charge in [-0.3, -0.25) is 36.2 Å². The van der Waals surface area contributed by atoms with Crippen molar-refractivity contribution in [1.29, 1.82) is 0 Å². The number of aromatic nitrogens is 2. The number of hydrogen-bond donors (Lipinski definition) is 3. The molecule has 0 aliphatic heterocycles. The minimum absolute atomic E-state index is 0.0486. The lowest BCUT2D eigenvalue weighted by Crippen LogP contribution is -2.32. The molecule has 0 atom stereocenters. The maximum absolute atomic E-state index is 12.3. The van der Waals surface area contributed by atoms with Crippen molar-refractivity contribution in [2.24, 2.45) is 0 Å². The van der Waals surface area contributed by atoms with E-state index in [-0.39, 0.29) is 24.0 Å². The Bertz CT molecular complexity index is 1220. The molecule has 0 aliphatic rings. The number of amides is 1. The highest BCUT2D eigenvalue weighted by molar-refractivity contribution is 5.81. The lowest BCUT2D eigenvalue weighted by molar-refractivity contribution is -0.383. The first kappa shape index (κ1) is 22.2. The quantitative estimate of drug-likeness (QED) is 0.253. The lowest BCUT2D eigenvalue weighted by Gasteiger charge is -2.26. The van der Waals surface area contributed by atoms with Gasteiger partial charge in [-0.1, -0.05) is 66.7 Å². The summed E-state index contributed by atoms with van der Waals surface area (Å²) < 4.78 is 0. The van der Waals surface area contributed by atoms with Crippen LogP contribution >= 0.6 is 0 Å². The Labute approximate surface area is 195 Å². The maximum Gasteiger partial charge on any atom is 0.356 e. The minimum atomic E-state index is -0.609. The molecule has 0 radical (unpaired) electrons. The van der Waals surface area contributed by atoms with Gasteiger partial charge in [0, 0.05) is 0 Å². The summed E-state index contributed by atoms with van der Waals surface area (Å²) in [6.07, 6.45) is 1.28. The van der Waals surface area contributed by atoms with E-state index in [1.807, 2.05) is 91.0 Å². The molecule has 0 saturated heterocycles. The van der Waals surface area contributed by atoms with Crippen LogP contribution in [0.5, 0.6) is 0 Å². The molecule has 0 spiro atoms. The Hall–Kier alpha value is -4.99. The van der Waals surface area contributed by atoms with E-state index in [2.05, 4.69) is 26.2 Å². The smallest absolute Gasteiger partial charge is 0.276 e. The Kier molecular flexibility index (Phi) is 6.89. The standard InChI is InChI=1S/C24H21N7O3/c32-21(16-18-10-4-1-5-11-18)27-28-23-22(31(33)34)24(26-17-25-23)29-30(19-12-6-2-7-13-19)20-14-8-3-9-15-20/h1-15,17H,16H2,(H,27,32)(H2,25,26,28,29). The zero-order valence-corrected chi connectivity index (χ0v) is 18.0. The molecule has 10 heteroatoms. The third-order valence-corrected chi connectivity index (χ3v) is 4.78. The number of anilines is 4. The van der Waals surface area contributed by atoms with Crippen molar-refractivity contribution in [3.63, 3.8) is 0 Å². The highest BCUT2D eigenvalue weighted by atomic mass is 16.6. The van der Waals surface area contributed by atoms with Crippen molar-refractivity contribution in [2.75, 3.05) is 15.9 Å². The van der Waals surface area contributed by atoms with Crippen molar-refractivity contribution >= 4 is 34.6 Å². The predicted octanol–water partition coefficient (Wildman–Crippen LogP) is 4.24. The second kappa shape index (κ2) is 10.6. The third-order valence-electron chi connectivity index (χ3n) is 4.78. The first-order valence-corrected chi connectivity index (χ1v) is 10.4. The van der Waals surface area contributed by atoms with Gasteiger partial charge >= 0.3 is 5.69 Å². The molecule has 170 valence electrons. The summed E-state index contributed by atoms with van der Waals surface area (Å²) in [7, 11) is 0. The lowest BCUT2D eigenvalue weighted by atomic mass is 10.1. The van der Waals surface area contributed by atoms with E-state index < -0.39 is 10.6 Å². The van der Waals surface area contributed by atoms with Crippen LogP contribution in [0.4, 0.5) is 28.7 Å². The topological polar surface area (TPSA) is 125 Å². The number of carbonyl (C=O) groups excluding carboxylic acids is 1. The Morgan fingerprint density at radius 3 is 1.91 bits per heavy atom. The Morgan fingerprint density at radius 2 is 1.35 bits per heavy atom. The van der Waals surface area contributed by atoms with Gasteiger partial charge in [-0.2, -0.15) is 0 Å². The summed E-state index contributed by atoms with van der Waals surface area (Å²) in [5, 5.41) is 13.6. The van der Waals surface area contributed by atoms with Crippen LogP contribution in [0.3, 0.4) is 0 Å². The molecule has 0 unspecified atom stereocenters. The van der Waals surface area contributed by atoms with Crippen LogP contribution in [0, 0.1) is 10.1 Å². The van der Waals surface area contributed by atoms with E-state index in [1.165, 1.54) is 6.33 Å². The van der Waals surface area contributed by atoms with Gasteiger partial charge in [0.2, 0.25) is 17.5 Å². The summed E-state index contributed by atoms with van der Waals surface area (Å²) >= 11 is 0. The fraction of sp³-hybridized carbons (Fsp3) is 0.0417. The Morgan fingerprint density at radius 1 is 0.824 bits per heavy atom. The molecule has 0 fully saturated rings. The van der Waals surface area contributed by atoms with E-state index in [4.69, 9.17) is 0 Å². The molecule has 34 heavy (non-hydrogen) atoms. The van der Waals surface area contributed by atoms with E-state index in [0.29, 0.717) is 0 Å². The molecule has 0 saturated carbocycles. The molecule has 1 heterocycles. The van der Waals surface area contributed by atoms with Crippen molar-refractivity contribution in [2.45, 2.75) is 6.42 Å².